The van der Waals surface area contributed by atoms with Gasteiger partial charge in [0.05, 0.1) is 5.56 Å². The van der Waals surface area contributed by atoms with Gasteiger partial charge >= 0.3 is 0 Å². The molecule has 0 N–H and O–H groups in total. The Balaban J connectivity index is 1.55. The number of nitrogens with zero attached hydrogens (tertiary/aromatic N) is 3. The summed E-state index contributed by atoms with van der Waals surface area (Å²) in [7, 11) is 0. The molecule has 3 rings (SSSR count). The van der Waals surface area contributed by atoms with Gasteiger partial charge in [0.15, 0.2) is 0 Å². The van der Waals surface area contributed by atoms with Crippen molar-refractivity contribution in [1.82, 2.24) is 14.8 Å². The molecule has 138 valence electrons. The van der Waals surface area contributed by atoms with Crippen molar-refractivity contribution in [1.29, 1.82) is 0 Å². The first-order valence-electron chi connectivity index (χ1n) is 9.05. The average molecular weight is 369 g/mol. The fraction of sp³-hybridized carbons (Fsp3) is 0.667. The molecule has 25 heavy (non-hydrogen) atoms. The van der Waals surface area contributed by atoms with Crippen molar-refractivity contribution in [3.8, 4) is 0 Å². The Morgan fingerprint density at radius 1 is 1.20 bits per heavy atom. The molecule has 0 unspecified atom stereocenters. The van der Waals surface area contributed by atoms with Gasteiger partial charge in [0.1, 0.15) is 5.03 Å². The summed E-state index contributed by atoms with van der Waals surface area (Å²) >= 11 is 0.339. The SMILES string of the molecule is O=C(c1cccnc1SC(F)F)N1CCN(CC2CCCCC2)CC1. The molecule has 1 aromatic rings. The van der Waals surface area contributed by atoms with Crippen molar-refractivity contribution < 1.29 is 13.6 Å². The number of pyridine rings is 1. The summed E-state index contributed by atoms with van der Waals surface area (Å²) in [5.74, 6) is -1.97. The van der Waals surface area contributed by atoms with E-state index in [0.717, 1.165) is 25.6 Å². The van der Waals surface area contributed by atoms with E-state index in [0.29, 0.717) is 24.9 Å². The van der Waals surface area contributed by atoms with E-state index in [1.165, 1.54) is 38.3 Å². The van der Waals surface area contributed by atoms with Gasteiger partial charge in [-0.05, 0) is 42.7 Å². The van der Waals surface area contributed by atoms with E-state index in [4.69, 9.17) is 0 Å². The topological polar surface area (TPSA) is 36.4 Å². The van der Waals surface area contributed by atoms with Gasteiger partial charge in [0.25, 0.3) is 11.7 Å². The summed E-state index contributed by atoms with van der Waals surface area (Å²) in [6.45, 7) is 4.15. The van der Waals surface area contributed by atoms with E-state index in [1.54, 1.807) is 17.0 Å². The molecule has 0 atom stereocenters. The lowest BCUT2D eigenvalue weighted by atomic mass is 9.89. The van der Waals surface area contributed by atoms with Crippen LogP contribution in [0.1, 0.15) is 42.5 Å². The molecule has 2 aliphatic rings. The highest BCUT2D eigenvalue weighted by Gasteiger charge is 2.26. The van der Waals surface area contributed by atoms with Crippen molar-refractivity contribution >= 4 is 17.7 Å². The van der Waals surface area contributed by atoms with Crippen molar-refractivity contribution in [3.05, 3.63) is 23.9 Å². The largest absolute Gasteiger partial charge is 0.336 e. The van der Waals surface area contributed by atoms with Crippen LogP contribution in [0.3, 0.4) is 0 Å². The molecule has 0 radical (unpaired) electrons. The molecule has 0 spiro atoms. The summed E-state index contributed by atoms with van der Waals surface area (Å²) in [6.07, 6.45) is 8.14. The number of amides is 1. The van der Waals surface area contributed by atoms with E-state index < -0.39 is 5.76 Å². The average Bonchev–Trinajstić information content (AvgIpc) is 2.63. The third-order valence-corrected chi connectivity index (χ3v) is 5.83. The lowest BCUT2D eigenvalue weighted by Crippen LogP contribution is -2.50. The number of carbonyl (C=O) groups excluding carboxylic acids is 1. The first-order valence-corrected chi connectivity index (χ1v) is 9.93. The predicted molar refractivity (Wildman–Crippen MR) is 95.0 cm³/mol. The molecular weight excluding hydrogens is 344 g/mol. The second-order valence-electron chi connectivity index (χ2n) is 6.83. The maximum absolute atomic E-state index is 12.7. The number of piperazine rings is 1. The highest BCUT2D eigenvalue weighted by Crippen LogP contribution is 2.28. The molecule has 1 aliphatic carbocycles. The molecule has 1 aromatic heterocycles. The van der Waals surface area contributed by atoms with Crippen molar-refractivity contribution in [3.63, 3.8) is 0 Å². The van der Waals surface area contributed by atoms with E-state index in [2.05, 4.69) is 9.88 Å². The monoisotopic (exact) mass is 369 g/mol. The second-order valence-corrected chi connectivity index (χ2v) is 7.81. The van der Waals surface area contributed by atoms with Gasteiger partial charge in [0.2, 0.25) is 0 Å². The Morgan fingerprint density at radius 3 is 2.60 bits per heavy atom. The number of hydrogen-bond donors (Lipinski definition) is 0. The van der Waals surface area contributed by atoms with E-state index in [9.17, 15) is 13.6 Å². The Kier molecular flexibility index (Phi) is 6.64. The van der Waals surface area contributed by atoms with Crippen LogP contribution in [0.2, 0.25) is 0 Å². The summed E-state index contributed by atoms with van der Waals surface area (Å²) in [5.41, 5.74) is 0.286. The number of carbonyl (C=O) groups is 1. The zero-order chi connectivity index (χ0) is 17.6. The molecule has 4 nitrogen and oxygen atoms in total. The van der Waals surface area contributed by atoms with Crippen LogP contribution in [0, 0.1) is 5.92 Å². The predicted octanol–water partition coefficient (Wildman–Crippen LogP) is 3.73. The van der Waals surface area contributed by atoms with Gasteiger partial charge in [-0.15, -0.1) is 0 Å². The molecule has 1 aliphatic heterocycles. The molecule has 0 bridgehead atoms. The number of hydrogen-bond acceptors (Lipinski definition) is 4. The van der Waals surface area contributed by atoms with Gasteiger partial charge in [-0.3, -0.25) is 9.69 Å². The minimum Gasteiger partial charge on any atom is -0.336 e. The number of thioether (sulfide) groups is 1. The maximum atomic E-state index is 12.7. The number of alkyl halides is 2. The maximum Gasteiger partial charge on any atom is 0.290 e. The zero-order valence-electron chi connectivity index (χ0n) is 14.4. The molecule has 0 aromatic carbocycles. The van der Waals surface area contributed by atoms with Crippen molar-refractivity contribution in [2.75, 3.05) is 32.7 Å². The van der Waals surface area contributed by atoms with Crippen LogP contribution in [-0.4, -0.2) is 59.2 Å². The fourth-order valence-electron chi connectivity index (χ4n) is 3.77. The second kappa shape index (κ2) is 8.94. The van der Waals surface area contributed by atoms with Crippen LogP contribution in [-0.2, 0) is 0 Å². The summed E-state index contributed by atoms with van der Waals surface area (Å²) in [6, 6.07) is 3.22. The minimum atomic E-state index is -2.58. The van der Waals surface area contributed by atoms with Crippen LogP contribution in [0.25, 0.3) is 0 Å². The Hall–Kier alpha value is -1.21. The zero-order valence-corrected chi connectivity index (χ0v) is 15.2. The van der Waals surface area contributed by atoms with Crippen molar-refractivity contribution in [2.45, 2.75) is 42.9 Å². The Bertz CT molecular complexity index is 573. The van der Waals surface area contributed by atoms with E-state index in [-0.39, 0.29) is 16.5 Å². The minimum absolute atomic E-state index is 0.118. The Morgan fingerprint density at radius 2 is 1.92 bits per heavy atom. The summed E-state index contributed by atoms with van der Waals surface area (Å²) in [5, 5.41) is 0.118. The molecule has 2 fully saturated rings. The molecule has 2 heterocycles. The first-order chi connectivity index (χ1) is 12.1. The quantitative estimate of drug-likeness (QED) is 0.741. The van der Waals surface area contributed by atoms with Crippen LogP contribution in [0.5, 0.6) is 0 Å². The molecule has 1 amide bonds. The standard InChI is InChI=1S/C18H25F2N3OS/c19-18(20)25-16-15(7-4-8-21-16)17(24)23-11-9-22(10-12-23)13-14-5-2-1-3-6-14/h4,7-8,14,18H,1-3,5-6,9-13H2. The summed E-state index contributed by atoms with van der Waals surface area (Å²) in [4.78, 5) is 20.9. The Labute approximate surface area is 152 Å². The third kappa shape index (κ3) is 5.14. The van der Waals surface area contributed by atoms with Gasteiger partial charge < -0.3 is 4.90 Å². The lowest BCUT2D eigenvalue weighted by molar-refractivity contribution is 0.0602. The smallest absolute Gasteiger partial charge is 0.290 e. The first kappa shape index (κ1) is 18.6. The van der Waals surface area contributed by atoms with Crippen LogP contribution >= 0.6 is 11.8 Å². The van der Waals surface area contributed by atoms with Crippen LogP contribution in [0.15, 0.2) is 23.4 Å². The molecular formula is C18H25F2N3OS. The lowest BCUT2D eigenvalue weighted by Gasteiger charge is -2.37. The molecule has 1 saturated carbocycles. The van der Waals surface area contributed by atoms with Crippen molar-refractivity contribution in [2.24, 2.45) is 5.92 Å². The fourth-order valence-corrected chi connectivity index (χ4v) is 4.34. The number of rotatable bonds is 5. The highest BCUT2D eigenvalue weighted by atomic mass is 32.2. The molecule has 1 saturated heterocycles. The van der Waals surface area contributed by atoms with Gasteiger partial charge in [-0.25, -0.2) is 4.98 Å². The van der Waals surface area contributed by atoms with Gasteiger partial charge in [-0.1, -0.05) is 19.3 Å². The van der Waals surface area contributed by atoms with Crippen LogP contribution < -0.4 is 0 Å². The number of halogens is 2. The normalized spacial score (nSPS) is 20.2. The van der Waals surface area contributed by atoms with Gasteiger partial charge in [-0.2, -0.15) is 8.78 Å². The van der Waals surface area contributed by atoms with Gasteiger partial charge in [0, 0.05) is 38.9 Å². The van der Waals surface area contributed by atoms with E-state index in [1.807, 2.05) is 0 Å². The highest BCUT2D eigenvalue weighted by molar-refractivity contribution is 7.99. The number of aromatic nitrogens is 1. The van der Waals surface area contributed by atoms with Crippen LogP contribution in [0.4, 0.5) is 8.78 Å². The summed E-state index contributed by atoms with van der Waals surface area (Å²) < 4.78 is 25.3. The van der Waals surface area contributed by atoms with E-state index >= 15 is 0 Å². The third-order valence-electron chi connectivity index (χ3n) is 5.10. The molecule has 7 heteroatoms.